The average Bonchev–Trinajstić information content (AvgIpc) is 2.85. The summed E-state index contributed by atoms with van der Waals surface area (Å²) in [6.45, 7) is 0.490. The molecule has 0 bridgehead atoms. The molecule has 0 atom stereocenters. The van der Waals surface area contributed by atoms with Gasteiger partial charge in [-0.1, -0.05) is 41.5 Å². The summed E-state index contributed by atoms with van der Waals surface area (Å²) < 4.78 is 5.79. The maximum atomic E-state index is 8.20. The molecule has 0 saturated carbocycles. The van der Waals surface area contributed by atoms with Gasteiger partial charge in [-0.15, -0.1) is 0 Å². The quantitative estimate of drug-likeness (QED) is 0.272. The number of hydrogen-bond acceptors (Lipinski definition) is 2. The first-order chi connectivity index (χ1) is 9.88. The van der Waals surface area contributed by atoms with Crippen molar-refractivity contribution in [2.24, 2.45) is 5.11 Å². The molecule has 98 valence electrons. The van der Waals surface area contributed by atoms with Crippen molar-refractivity contribution in [3.63, 3.8) is 0 Å². The van der Waals surface area contributed by atoms with E-state index in [0.717, 1.165) is 33.9 Å². The molecular formula is C16H13N3O. The van der Waals surface area contributed by atoms with Gasteiger partial charge in [-0.3, -0.25) is 0 Å². The Labute approximate surface area is 115 Å². The first-order valence-corrected chi connectivity index (χ1v) is 6.47. The molecule has 0 aliphatic carbocycles. The van der Waals surface area contributed by atoms with E-state index in [1.165, 1.54) is 0 Å². The Bertz CT molecular complexity index is 826. The van der Waals surface area contributed by atoms with Gasteiger partial charge in [0, 0.05) is 22.2 Å². The van der Waals surface area contributed by atoms with Gasteiger partial charge in [0.2, 0.25) is 0 Å². The highest BCUT2D eigenvalue weighted by molar-refractivity contribution is 6.05. The lowest BCUT2D eigenvalue weighted by molar-refractivity contribution is 0.669. The van der Waals surface area contributed by atoms with Crippen LogP contribution in [0, 0.1) is 0 Å². The zero-order valence-corrected chi connectivity index (χ0v) is 10.9. The fourth-order valence-electron chi connectivity index (χ4n) is 2.24. The number of furan rings is 1. The van der Waals surface area contributed by atoms with E-state index in [0.29, 0.717) is 6.54 Å². The van der Waals surface area contributed by atoms with Crippen molar-refractivity contribution in [2.45, 2.75) is 6.42 Å². The smallest absolute Gasteiger partial charge is 0.135 e. The zero-order chi connectivity index (χ0) is 13.8. The van der Waals surface area contributed by atoms with E-state index in [1.807, 2.05) is 42.5 Å². The first kappa shape index (κ1) is 12.3. The summed E-state index contributed by atoms with van der Waals surface area (Å²) in [5.41, 5.74) is 11.1. The van der Waals surface area contributed by atoms with Crippen molar-refractivity contribution in [2.75, 3.05) is 6.54 Å². The molecule has 1 heterocycles. The van der Waals surface area contributed by atoms with Crippen LogP contribution < -0.4 is 0 Å². The molecule has 0 N–H and O–H groups in total. The molecule has 0 saturated heterocycles. The topological polar surface area (TPSA) is 61.9 Å². The third-order valence-corrected chi connectivity index (χ3v) is 3.17. The number of benzene rings is 2. The molecule has 4 heteroatoms. The fraction of sp³-hybridized carbons (Fsp3) is 0.125. The highest BCUT2D eigenvalue weighted by Crippen LogP contribution is 2.29. The minimum atomic E-state index is 0.490. The van der Waals surface area contributed by atoms with Crippen molar-refractivity contribution < 1.29 is 4.42 Å². The molecule has 1 aromatic heterocycles. The Morgan fingerprint density at radius 3 is 2.85 bits per heavy atom. The highest BCUT2D eigenvalue weighted by Gasteiger charge is 2.05. The van der Waals surface area contributed by atoms with Crippen LogP contribution in [0.25, 0.3) is 38.5 Å². The largest absolute Gasteiger partial charge is 0.456 e. The maximum absolute atomic E-state index is 8.20. The summed E-state index contributed by atoms with van der Waals surface area (Å²) in [6, 6.07) is 14.2. The molecule has 0 unspecified atom stereocenters. The molecular weight excluding hydrogens is 250 g/mol. The van der Waals surface area contributed by atoms with Crippen molar-refractivity contribution in [1.29, 1.82) is 0 Å². The summed E-state index contributed by atoms with van der Waals surface area (Å²) >= 11 is 0. The Morgan fingerprint density at radius 1 is 1.10 bits per heavy atom. The van der Waals surface area contributed by atoms with E-state index in [2.05, 4.69) is 22.2 Å². The van der Waals surface area contributed by atoms with Gasteiger partial charge in [-0.2, -0.15) is 0 Å². The Morgan fingerprint density at radius 2 is 1.95 bits per heavy atom. The van der Waals surface area contributed by atoms with Crippen LogP contribution >= 0.6 is 0 Å². The van der Waals surface area contributed by atoms with Crippen LogP contribution in [0.2, 0.25) is 0 Å². The molecule has 0 amide bonds. The van der Waals surface area contributed by atoms with Crippen LogP contribution in [-0.2, 0) is 0 Å². The molecule has 0 radical (unpaired) electrons. The fourth-order valence-corrected chi connectivity index (χ4v) is 2.24. The van der Waals surface area contributed by atoms with Crippen LogP contribution in [0.5, 0.6) is 0 Å². The predicted octanol–water partition coefficient (Wildman–Crippen LogP) is 5.30. The Kier molecular flexibility index (Phi) is 3.40. The van der Waals surface area contributed by atoms with Gasteiger partial charge in [0.1, 0.15) is 11.2 Å². The van der Waals surface area contributed by atoms with Crippen LogP contribution in [0.4, 0.5) is 0 Å². The SMILES string of the molecule is [N-]=[N+]=NCCC=Cc1ccc2oc3ccccc3c2c1. The van der Waals surface area contributed by atoms with E-state index >= 15 is 0 Å². The van der Waals surface area contributed by atoms with Crippen molar-refractivity contribution >= 4 is 28.0 Å². The third-order valence-electron chi connectivity index (χ3n) is 3.17. The van der Waals surface area contributed by atoms with Crippen LogP contribution in [0.15, 0.2) is 58.1 Å². The second-order valence-electron chi connectivity index (χ2n) is 4.50. The summed E-state index contributed by atoms with van der Waals surface area (Å²) in [6.07, 6.45) is 4.79. The summed E-state index contributed by atoms with van der Waals surface area (Å²) in [7, 11) is 0. The standard InChI is InChI=1S/C16H13N3O/c17-19-18-10-4-3-5-12-8-9-16-14(11-12)13-6-1-2-7-15(13)20-16/h1-3,5-9,11H,4,10H2. The second-order valence-corrected chi connectivity index (χ2v) is 4.50. The minimum Gasteiger partial charge on any atom is -0.456 e. The number of azide groups is 1. The maximum Gasteiger partial charge on any atom is 0.135 e. The molecule has 2 aromatic carbocycles. The van der Waals surface area contributed by atoms with Crippen LogP contribution in [-0.4, -0.2) is 6.54 Å². The molecule has 4 nitrogen and oxygen atoms in total. The summed E-state index contributed by atoms with van der Waals surface area (Å²) in [5, 5.41) is 5.75. The minimum absolute atomic E-state index is 0.490. The van der Waals surface area contributed by atoms with Gasteiger partial charge >= 0.3 is 0 Å². The van der Waals surface area contributed by atoms with E-state index in [9.17, 15) is 0 Å². The lowest BCUT2D eigenvalue weighted by Crippen LogP contribution is -1.75. The predicted molar refractivity (Wildman–Crippen MR) is 81.4 cm³/mol. The molecule has 0 spiro atoms. The van der Waals surface area contributed by atoms with E-state index in [-0.39, 0.29) is 0 Å². The second kappa shape index (κ2) is 5.51. The lowest BCUT2D eigenvalue weighted by Gasteiger charge is -1.94. The average molecular weight is 263 g/mol. The number of para-hydroxylation sites is 1. The Hall–Kier alpha value is -2.71. The van der Waals surface area contributed by atoms with Gasteiger partial charge in [0.05, 0.1) is 0 Å². The number of nitrogens with zero attached hydrogens (tertiary/aromatic N) is 3. The number of rotatable bonds is 4. The number of hydrogen-bond donors (Lipinski definition) is 0. The monoisotopic (exact) mass is 263 g/mol. The van der Waals surface area contributed by atoms with Gasteiger partial charge in [0.25, 0.3) is 0 Å². The van der Waals surface area contributed by atoms with E-state index in [1.54, 1.807) is 0 Å². The van der Waals surface area contributed by atoms with Crippen LogP contribution in [0.3, 0.4) is 0 Å². The molecule has 0 fully saturated rings. The van der Waals surface area contributed by atoms with Crippen molar-refractivity contribution in [3.8, 4) is 0 Å². The van der Waals surface area contributed by atoms with Crippen molar-refractivity contribution in [1.82, 2.24) is 0 Å². The van der Waals surface area contributed by atoms with E-state index < -0.39 is 0 Å². The van der Waals surface area contributed by atoms with Gasteiger partial charge in [-0.25, -0.2) is 0 Å². The van der Waals surface area contributed by atoms with Gasteiger partial charge in [-0.05, 0) is 35.7 Å². The zero-order valence-electron chi connectivity index (χ0n) is 10.9. The lowest BCUT2D eigenvalue weighted by atomic mass is 10.1. The van der Waals surface area contributed by atoms with Gasteiger partial charge < -0.3 is 4.42 Å². The summed E-state index contributed by atoms with van der Waals surface area (Å²) in [5.74, 6) is 0. The third kappa shape index (κ3) is 2.37. The Balaban J connectivity index is 1.93. The summed E-state index contributed by atoms with van der Waals surface area (Å²) in [4.78, 5) is 2.73. The first-order valence-electron chi connectivity index (χ1n) is 6.47. The molecule has 0 aliphatic rings. The number of fused-ring (bicyclic) bond motifs is 3. The van der Waals surface area contributed by atoms with E-state index in [4.69, 9.17) is 9.95 Å². The molecule has 20 heavy (non-hydrogen) atoms. The highest BCUT2D eigenvalue weighted by atomic mass is 16.3. The molecule has 3 aromatic rings. The molecule has 3 rings (SSSR count). The van der Waals surface area contributed by atoms with Crippen LogP contribution in [0.1, 0.15) is 12.0 Å². The van der Waals surface area contributed by atoms with Crippen molar-refractivity contribution in [3.05, 3.63) is 64.5 Å². The van der Waals surface area contributed by atoms with Gasteiger partial charge in [0.15, 0.2) is 0 Å². The molecule has 0 aliphatic heterocycles. The normalized spacial score (nSPS) is 11.2.